The molecule has 6 nitrogen and oxygen atoms in total. The second-order valence-corrected chi connectivity index (χ2v) is 6.85. The number of hydrogen-bond acceptors (Lipinski definition) is 5. The monoisotopic (exact) mass is 403 g/mol. The van der Waals surface area contributed by atoms with Crippen LogP contribution in [0.5, 0.6) is 11.5 Å². The number of hydrogen-bond donors (Lipinski definition) is 1. The van der Waals surface area contributed by atoms with E-state index in [-0.39, 0.29) is 12.3 Å². The predicted octanol–water partition coefficient (Wildman–Crippen LogP) is 4.61. The van der Waals surface area contributed by atoms with Crippen molar-refractivity contribution in [3.8, 4) is 22.6 Å². The fourth-order valence-electron chi connectivity index (χ4n) is 3.58. The van der Waals surface area contributed by atoms with E-state index in [9.17, 15) is 9.59 Å². The molecule has 1 N–H and O–H groups in total. The van der Waals surface area contributed by atoms with E-state index < -0.39 is 12.1 Å². The summed E-state index contributed by atoms with van der Waals surface area (Å²) in [5, 5.41) is 2.86. The van der Waals surface area contributed by atoms with Gasteiger partial charge in [0.1, 0.15) is 11.7 Å². The maximum absolute atomic E-state index is 12.6. The second-order valence-electron chi connectivity index (χ2n) is 6.85. The number of cyclic esters (lactones) is 1. The highest BCUT2D eigenvalue weighted by Crippen LogP contribution is 2.43. The Morgan fingerprint density at radius 2 is 1.63 bits per heavy atom. The Hall–Kier alpha value is -3.80. The first-order valence-electron chi connectivity index (χ1n) is 9.52. The maximum atomic E-state index is 12.6. The molecule has 0 radical (unpaired) electrons. The standard InChI is InChI=1S/C24H21NO5/c1-28-19-13-12-18-20(30-24(27)22(18)23(19)29-2)14-21(26)25-17-10-8-16(9-11-17)15-6-4-3-5-7-15/h3-13,20H,14H2,1-2H3,(H,25,26)/t20-/m0/s1. The van der Waals surface area contributed by atoms with Crippen molar-refractivity contribution >= 4 is 17.6 Å². The van der Waals surface area contributed by atoms with Gasteiger partial charge in [0.15, 0.2) is 11.5 Å². The van der Waals surface area contributed by atoms with E-state index in [4.69, 9.17) is 14.2 Å². The zero-order chi connectivity index (χ0) is 21.1. The highest BCUT2D eigenvalue weighted by molar-refractivity contribution is 5.99. The van der Waals surface area contributed by atoms with E-state index in [2.05, 4.69) is 5.32 Å². The van der Waals surface area contributed by atoms with Crippen molar-refractivity contribution in [2.24, 2.45) is 0 Å². The Balaban J connectivity index is 1.46. The number of esters is 1. The number of methoxy groups -OCH3 is 2. The van der Waals surface area contributed by atoms with Gasteiger partial charge >= 0.3 is 5.97 Å². The number of rotatable bonds is 6. The Labute approximate surface area is 174 Å². The van der Waals surface area contributed by atoms with Crippen LogP contribution < -0.4 is 14.8 Å². The fourth-order valence-corrected chi connectivity index (χ4v) is 3.58. The molecule has 3 aromatic rings. The Morgan fingerprint density at radius 3 is 2.30 bits per heavy atom. The maximum Gasteiger partial charge on any atom is 0.343 e. The van der Waals surface area contributed by atoms with E-state index in [1.807, 2.05) is 54.6 Å². The predicted molar refractivity (Wildman–Crippen MR) is 113 cm³/mol. The van der Waals surface area contributed by atoms with Gasteiger partial charge in [-0.1, -0.05) is 48.5 Å². The summed E-state index contributed by atoms with van der Waals surface area (Å²) in [6.07, 6.45) is -0.662. The first-order valence-corrected chi connectivity index (χ1v) is 9.52. The minimum absolute atomic E-state index is 0.00859. The van der Waals surface area contributed by atoms with Gasteiger partial charge < -0.3 is 19.5 Å². The molecule has 0 aliphatic carbocycles. The summed E-state index contributed by atoms with van der Waals surface area (Å²) in [4.78, 5) is 24.9. The number of ether oxygens (including phenoxy) is 3. The first kappa shape index (κ1) is 19.5. The zero-order valence-corrected chi connectivity index (χ0v) is 16.7. The molecule has 0 fully saturated rings. The molecule has 6 heteroatoms. The van der Waals surface area contributed by atoms with Crippen LogP contribution in [-0.4, -0.2) is 26.1 Å². The fraction of sp³-hybridized carbons (Fsp3) is 0.167. The molecule has 0 spiro atoms. The number of amides is 1. The van der Waals surface area contributed by atoms with Crippen molar-refractivity contribution in [2.45, 2.75) is 12.5 Å². The molecule has 1 aliphatic heterocycles. The minimum atomic E-state index is -0.670. The molecule has 152 valence electrons. The van der Waals surface area contributed by atoms with Crippen molar-refractivity contribution < 1.29 is 23.8 Å². The van der Waals surface area contributed by atoms with Crippen molar-refractivity contribution in [3.05, 3.63) is 77.9 Å². The molecule has 1 amide bonds. The average molecular weight is 403 g/mol. The summed E-state index contributed by atoms with van der Waals surface area (Å²) in [7, 11) is 2.96. The van der Waals surface area contributed by atoms with Gasteiger partial charge in [0, 0.05) is 11.3 Å². The third-order valence-corrected chi connectivity index (χ3v) is 5.02. The Morgan fingerprint density at radius 1 is 0.933 bits per heavy atom. The number of nitrogens with one attached hydrogen (secondary N) is 1. The van der Waals surface area contributed by atoms with Crippen LogP contribution in [0.3, 0.4) is 0 Å². The smallest absolute Gasteiger partial charge is 0.343 e. The molecule has 1 aliphatic rings. The largest absolute Gasteiger partial charge is 0.493 e. The van der Waals surface area contributed by atoms with Gasteiger partial charge in [-0.3, -0.25) is 4.79 Å². The number of carbonyl (C=O) groups excluding carboxylic acids is 2. The van der Waals surface area contributed by atoms with Crippen LogP contribution in [-0.2, 0) is 9.53 Å². The van der Waals surface area contributed by atoms with E-state index >= 15 is 0 Å². The summed E-state index contributed by atoms with van der Waals surface area (Å²) in [5.41, 5.74) is 3.77. The number of fused-ring (bicyclic) bond motifs is 1. The molecule has 1 atom stereocenters. The van der Waals surface area contributed by atoms with Crippen LogP contribution in [0.4, 0.5) is 5.69 Å². The average Bonchev–Trinajstić information content (AvgIpc) is 3.09. The molecule has 0 unspecified atom stereocenters. The molecule has 0 saturated heterocycles. The topological polar surface area (TPSA) is 73.9 Å². The summed E-state index contributed by atoms with van der Waals surface area (Å²) >= 11 is 0. The number of anilines is 1. The quantitative estimate of drug-likeness (QED) is 0.609. The SMILES string of the molecule is COc1ccc2c(c1OC)C(=O)O[C@H]2CC(=O)Nc1ccc(-c2ccccc2)cc1. The van der Waals surface area contributed by atoms with Crippen LogP contribution in [0, 0.1) is 0 Å². The van der Waals surface area contributed by atoms with E-state index in [1.165, 1.54) is 14.2 Å². The molecule has 1 heterocycles. The zero-order valence-electron chi connectivity index (χ0n) is 16.7. The third-order valence-electron chi connectivity index (χ3n) is 5.02. The van der Waals surface area contributed by atoms with E-state index in [0.717, 1.165) is 11.1 Å². The van der Waals surface area contributed by atoms with Crippen molar-refractivity contribution in [2.75, 3.05) is 19.5 Å². The summed E-state index contributed by atoms with van der Waals surface area (Å²) in [6.45, 7) is 0. The second kappa shape index (κ2) is 8.29. The lowest BCUT2D eigenvalue weighted by molar-refractivity contribution is -0.118. The molecule has 0 bridgehead atoms. The van der Waals surface area contributed by atoms with Crippen LogP contribution in [0.1, 0.15) is 28.4 Å². The van der Waals surface area contributed by atoms with E-state index in [1.54, 1.807) is 12.1 Å². The molecule has 0 aromatic heterocycles. The van der Waals surface area contributed by atoms with Gasteiger partial charge in [0.25, 0.3) is 0 Å². The molecule has 0 saturated carbocycles. The molecule has 30 heavy (non-hydrogen) atoms. The Kier molecular flexibility index (Phi) is 5.39. The van der Waals surface area contributed by atoms with Crippen LogP contribution in [0.25, 0.3) is 11.1 Å². The molecular weight excluding hydrogens is 382 g/mol. The van der Waals surface area contributed by atoms with Crippen molar-refractivity contribution in [1.29, 1.82) is 0 Å². The highest BCUT2D eigenvalue weighted by Gasteiger charge is 2.36. The number of carbonyl (C=O) groups is 2. The van der Waals surface area contributed by atoms with Gasteiger partial charge in [-0.2, -0.15) is 0 Å². The highest BCUT2D eigenvalue weighted by atomic mass is 16.6. The van der Waals surface area contributed by atoms with Crippen molar-refractivity contribution in [1.82, 2.24) is 0 Å². The van der Waals surface area contributed by atoms with Gasteiger partial charge in [-0.15, -0.1) is 0 Å². The summed E-state index contributed by atoms with van der Waals surface area (Å²) < 4.78 is 16.0. The first-order chi connectivity index (χ1) is 14.6. The van der Waals surface area contributed by atoms with Crippen molar-refractivity contribution in [3.63, 3.8) is 0 Å². The minimum Gasteiger partial charge on any atom is -0.493 e. The molecule has 4 rings (SSSR count). The third kappa shape index (κ3) is 3.72. The van der Waals surface area contributed by atoms with Gasteiger partial charge in [-0.05, 0) is 29.3 Å². The lowest BCUT2D eigenvalue weighted by Gasteiger charge is -2.13. The Bertz CT molecular complexity index is 1080. The molecular formula is C24H21NO5. The summed E-state index contributed by atoms with van der Waals surface area (Å²) in [5.74, 6) is -0.00937. The summed E-state index contributed by atoms with van der Waals surface area (Å²) in [6, 6.07) is 21.0. The number of benzene rings is 3. The van der Waals surface area contributed by atoms with Crippen LogP contribution in [0.2, 0.25) is 0 Å². The van der Waals surface area contributed by atoms with Gasteiger partial charge in [-0.25, -0.2) is 4.79 Å². The normalized spacial score (nSPS) is 14.6. The van der Waals surface area contributed by atoms with Crippen LogP contribution >= 0.6 is 0 Å². The van der Waals surface area contributed by atoms with Gasteiger partial charge in [0.2, 0.25) is 5.91 Å². The van der Waals surface area contributed by atoms with E-state index in [0.29, 0.717) is 28.3 Å². The van der Waals surface area contributed by atoms with Gasteiger partial charge in [0.05, 0.1) is 20.6 Å². The molecule has 3 aromatic carbocycles. The van der Waals surface area contributed by atoms with Crippen LogP contribution in [0.15, 0.2) is 66.7 Å². The lowest BCUT2D eigenvalue weighted by Crippen LogP contribution is -2.15. The lowest BCUT2D eigenvalue weighted by atomic mass is 10.0.